The molecule has 174 valence electrons. The molecule has 1 unspecified atom stereocenters. The highest BCUT2D eigenvalue weighted by Crippen LogP contribution is 2.12. The van der Waals surface area contributed by atoms with Crippen LogP contribution in [0.25, 0.3) is 0 Å². The average Bonchev–Trinajstić information content (AvgIpc) is 3.54. The fourth-order valence-electron chi connectivity index (χ4n) is 2.76. The van der Waals surface area contributed by atoms with Crippen LogP contribution in [0.2, 0.25) is 0 Å². The highest BCUT2D eigenvalue weighted by Gasteiger charge is 2.23. The highest BCUT2D eigenvalue weighted by molar-refractivity contribution is 5.84. The van der Waals surface area contributed by atoms with Gasteiger partial charge in [-0.25, -0.2) is 4.79 Å². The monoisotopic (exact) mass is 424 g/mol. The van der Waals surface area contributed by atoms with Gasteiger partial charge in [0.05, 0.1) is 6.61 Å². The van der Waals surface area contributed by atoms with Crippen LogP contribution in [0.15, 0.2) is 24.3 Å². The standard InChI is InChI=1S/C21H38O3.C4H6O2/c1-2-3-4-5-6-7-8-9-10-11-12-13-14-15-16-17-21(22)24-19-20-18-23-20;1-3(2)4(5)6/h9-10,20H,2-8,11-19H2,1H3;1H2,2H3,(H,5,6)/b10-9-;. The molecule has 1 rings (SSSR count). The van der Waals surface area contributed by atoms with Crippen LogP contribution in [0.5, 0.6) is 0 Å². The maximum Gasteiger partial charge on any atom is 0.330 e. The molecule has 1 N–H and O–H groups in total. The third kappa shape index (κ3) is 22.7. The predicted octanol–water partition coefficient (Wildman–Crippen LogP) is 6.61. The lowest BCUT2D eigenvalue weighted by atomic mass is 10.1. The van der Waals surface area contributed by atoms with E-state index in [0.29, 0.717) is 13.0 Å². The molecule has 0 bridgehead atoms. The number of aliphatic carboxylic acids is 1. The second-order valence-electron chi connectivity index (χ2n) is 8.06. The van der Waals surface area contributed by atoms with Gasteiger partial charge in [-0.15, -0.1) is 0 Å². The van der Waals surface area contributed by atoms with E-state index in [1.54, 1.807) is 0 Å². The molecule has 0 spiro atoms. The van der Waals surface area contributed by atoms with E-state index in [1.807, 2.05) is 0 Å². The Bertz CT molecular complexity index is 468. The number of hydrogen-bond donors (Lipinski definition) is 1. The zero-order chi connectivity index (χ0) is 22.5. The Kier molecular flexibility index (Phi) is 19.5. The van der Waals surface area contributed by atoms with Crippen LogP contribution < -0.4 is 0 Å². The van der Waals surface area contributed by atoms with E-state index in [2.05, 4.69) is 25.7 Å². The van der Waals surface area contributed by atoms with Gasteiger partial charge < -0.3 is 14.6 Å². The van der Waals surface area contributed by atoms with E-state index < -0.39 is 5.97 Å². The van der Waals surface area contributed by atoms with Crippen LogP contribution in [0.4, 0.5) is 0 Å². The molecule has 1 saturated heterocycles. The Morgan fingerprint density at radius 1 is 0.967 bits per heavy atom. The maximum absolute atomic E-state index is 11.4. The summed E-state index contributed by atoms with van der Waals surface area (Å²) >= 11 is 0. The topological polar surface area (TPSA) is 76.1 Å². The summed E-state index contributed by atoms with van der Waals surface area (Å²) in [7, 11) is 0. The third-order valence-corrected chi connectivity index (χ3v) is 4.84. The van der Waals surface area contributed by atoms with Crippen molar-refractivity contribution in [3.63, 3.8) is 0 Å². The van der Waals surface area contributed by atoms with Crippen LogP contribution in [-0.4, -0.2) is 36.4 Å². The Hall–Kier alpha value is -1.62. The normalized spacial score (nSPS) is 14.8. The van der Waals surface area contributed by atoms with Gasteiger partial charge in [0.2, 0.25) is 0 Å². The Balaban J connectivity index is 0.00000122. The van der Waals surface area contributed by atoms with E-state index in [9.17, 15) is 9.59 Å². The number of carbonyl (C=O) groups is 2. The lowest BCUT2D eigenvalue weighted by Crippen LogP contribution is -2.09. The van der Waals surface area contributed by atoms with Crippen molar-refractivity contribution in [1.29, 1.82) is 0 Å². The summed E-state index contributed by atoms with van der Waals surface area (Å²) in [5.74, 6) is -1.00. The summed E-state index contributed by atoms with van der Waals surface area (Å²) in [5, 5.41) is 7.89. The third-order valence-electron chi connectivity index (χ3n) is 4.84. The fraction of sp³-hybridized carbons (Fsp3) is 0.760. The number of allylic oxidation sites excluding steroid dienone is 2. The molecular weight excluding hydrogens is 380 g/mol. The molecule has 0 aliphatic carbocycles. The number of carbonyl (C=O) groups excluding carboxylic acids is 1. The minimum atomic E-state index is -0.935. The van der Waals surface area contributed by atoms with Crippen molar-refractivity contribution < 1.29 is 24.2 Å². The summed E-state index contributed by atoms with van der Waals surface area (Å²) in [4.78, 5) is 21.0. The molecular formula is C25H44O5. The van der Waals surface area contributed by atoms with Gasteiger partial charge in [-0.3, -0.25) is 4.79 Å². The van der Waals surface area contributed by atoms with Crippen molar-refractivity contribution in [2.45, 2.75) is 110 Å². The van der Waals surface area contributed by atoms with Gasteiger partial charge in [0.25, 0.3) is 0 Å². The second-order valence-corrected chi connectivity index (χ2v) is 8.06. The first kappa shape index (κ1) is 28.4. The van der Waals surface area contributed by atoms with Crippen molar-refractivity contribution in [3.05, 3.63) is 24.3 Å². The smallest absolute Gasteiger partial charge is 0.330 e. The number of carboxylic acid groups (broad SMARTS) is 1. The molecule has 1 aliphatic heterocycles. The highest BCUT2D eigenvalue weighted by atomic mass is 16.6. The lowest BCUT2D eigenvalue weighted by Gasteiger charge is -2.02. The number of unbranched alkanes of at least 4 members (excludes halogenated alkanes) is 11. The summed E-state index contributed by atoms with van der Waals surface area (Å²) in [6.07, 6.45) is 22.1. The van der Waals surface area contributed by atoms with Crippen molar-refractivity contribution in [1.82, 2.24) is 0 Å². The molecule has 0 saturated carbocycles. The number of esters is 1. The lowest BCUT2D eigenvalue weighted by molar-refractivity contribution is -0.144. The molecule has 1 fully saturated rings. The molecule has 1 aliphatic rings. The van der Waals surface area contributed by atoms with Gasteiger partial charge in [0, 0.05) is 12.0 Å². The Morgan fingerprint density at radius 2 is 1.43 bits per heavy atom. The van der Waals surface area contributed by atoms with E-state index in [0.717, 1.165) is 19.4 Å². The zero-order valence-electron chi connectivity index (χ0n) is 19.3. The molecule has 0 aromatic rings. The zero-order valence-corrected chi connectivity index (χ0v) is 19.3. The Morgan fingerprint density at radius 3 is 1.90 bits per heavy atom. The molecule has 1 heterocycles. The van der Waals surface area contributed by atoms with E-state index in [4.69, 9.17) is 14.6 Å². The summed E-state index contributed by atoms with van der Waals surface area (Å²) in [6, 6.07) is 0. The first-order valence-corrected chi connectivity index (χ1v) is 11.8. The summed E-state index contributed by atoms with van der Waals surface area (Å²) < 4.78 is 10.1. The molecule has 0 aromatic carbocycles. The van der Waals surface area contributed by atoms with E-state index >= 15 is 0 Å². The fourth-order valence-corrected chi connectivity index (χ4v) is 2.76. The van der Waals surface area contributed by atoms with Crippen molar-refractivity contribution >= 4 is 11.9 Å². The van der Waals surface area contributed by atoms with E-state index in [-0.39, 0.29) is 17.6 Å². The quantitative estimate of drug-likeness (QED) is 0.0880. The van der Waals surface area contributed by atoms with Gasteiger partial charge in [0.1, 0.15) is 12.7 Å². The molecule has 30 heavy (non-hydrogen) atoms. The SMILES string of the molecule is C=C(C)C(=O)O.CCCCCCCC/C=C\CCCCCCCC(=O)OCC1CO1. The summed E-state index contributed by atoms with van der Waals surface area (Å²) in [6.45, 7) is 8.07. The minimum absolute atomic E-state index is 0.0665. The van der Waals surface area contributed by atoms with E-state index in [1.165, 1.54) is 77.6 Å². The Labute approximate surface area is 183 Å². The number of ether oxygens (including phenoxy) is 2. The van der Waals surface area contributed by atoms with Gasteiger partial charge in [0.15, 0.2) is 0 Å². The average molecular weight is 425 g/mol. The van der Waals surface area contributed by atoms with Crippen LogP contribution in [0.1, 0.15) is 104 Å². The number of epoxide rings is 1. The minimum Gasteiger partial charge on any atom is -0.478 e. The molecule has 5 nitrogen and oxygen atoms in total. The van der Waals surface area contributed by atoms with Crippen LogP contribution in [0, 0.1) is 0 Å². The summed E-state index contributed by atoms with van der Waals surface area (Å²) in [5.41, 5.74) is 0.176. The van der Waals surface area contributed by atoms with Crippen LogP contribution in [0.3, 0.4) is 0 Å². The first-order valence-electron chi connectivity index (χ1n) is 11.8. The van der Waals surface area contributed by atoms with Gasteiger partial charge in [-0.05, 0) is 39.0 Å². The van der Waals surface area contributed by atoms with Crippen molar-refractivity contribution in [2.24, 2.45) is 0 Å². The molecule has 1 atom stereocenters. The predicted molar refractivity (Wildman–Crippen MR) is 123 cm³/mol. The van der Waals surface area contributed by atoms with Crippen molar-refractivity contribution in [3.8, 4) is 0 Å². The number of rotatable bonds is 18. The van der Waals surface area contributed by atoms with Crippen molar-refractivity contribution in [2.75, 3.05) is 13.2 Å². The number of hydrogen-bond acceptors (Lipinski definition) is 4. The van der Waals surface area contributed by atoms with Gasteiger partial charge in [-0.1, -0.05) is 77.0 Å². The first-order chi connectivity index (χ1) is 14.5. The molecule has 0 amide bonds. The largest absolute Gasteiger partial charge is 0.478 e. The second kappa shape index (κ2) is 20.6. The maximum atomic E-state index is 11.4. The molecule has 5 heteroatoms. The molecule has 0 radical (unpaired) electrons. The van der Waals surface area contributed by atoms with Gasteiger partial charge in [-0.2, -0.15) is 0 Å². The molecule has 0 aromatic heterocycles. The van der Waals surface area contributed by atoms with Crippen LogP contribution >= 0.6 is 0 Å². The van der Waals surface area contributed by atoms with Gasteiger partial charge >= 0.3 is 11.9 Å². The number of carboxylic acids is 1. The van der Waals surface area contributed by atoms with Crippen LogP contribution in [-0.2, 0) is 19.1 Å².